The van der Waals surface area contributed by atoms with Crippen LogP contribution < -0.4 is 0 Å². The minimum Gasteiger partial charge on any atom is -0.360 e. The van der Waals surface area contributed by atoms with Gasteiger partial charge in [0.15, 0.2) is 0 Å². The third kappa shape index (κ3) is 5.41. The minimum absolute atomic E-state index is 0.155. The van der Waals surface area contributed by atoms with Crippen molar-refractivity contribution in [2.75, 3.05) is 5.75 Å². The highest BCUT2D eigenvalue weighted by molar-refractivity contribution is 7.99. The second-order valence-electron chi connectivity index (χ2n) is 8.60. The Kier molecular flexibility index (Phi) is 5.71. The van der Waals surface area contributed by atoms with E-state index >= 15 is 0 Å². The van der Waals surface area contributed by atoms with E-state index in [2.05, 4.69) is 83.1 Å². The maximum absolute atomic E-state index is 6.30. The van der Waals surface area contributed by atoms with Crippen molar-refractivity contribution in [2.24, 2.45) is 11.3 Å². The van der Waals surface area contributed by atoms with Gasteiger partial charge < -0.3 is 4.74 Å². The van der Waals surface area contributed by atoms with Crippen LogP contribution in [0.5, 0.6) is 0 Å². The maximum atomic E-state index is 6.30. The van der Waals surface area contributed by atoms with E-state index in [4.69, 9.17) is 4.74 Å². The van der Waals surface area contributed by atoms with E-state index in [-0.39, 0.29) is 5.44 Å². The van der Waals surface area contributed by atoms with Gasteiger partial charge in [0.25, 0.3) is 0 Å². The summed E-state index contributed by atoms with van der Waals surface area (Å²) in [5.41, 5.74) is 6.24. The quantitative estimate of drug-likeness (QED) is 0.474. The van der Waals surface area contributed by atoms with Crippen LogP contribution in [-0.4, -0.2) is 19.9 Å². The molecule has 1 aromatic rings. The van der Waals surface area contributed by atoms with Crippen LogP contribution in [0.2, 0.25) is 19.6 Å². The molecule has 1 saturated heterocycles. The largest absolute Gasteiger partial charge is 0.360 e. The van der Waals surface area contributed by atoms with Crippen molar-refractivity contribution < 1.29 is 4.74 Å². The summed E-state index contributed by atoms with van der Waals surface area (Å²) in [5.74, 6) is 5.08. The Bertz CT molecular complexity index is 583. The van der Waals surface area contributed by atoms with Gasteiger partial charge in [0.2, 0.25) is 0 Å². The Balaban J connectivity index is 2.05. The van der Waals surface area contributed by atoms with E-state index in [1.54, 1.807) is 0 Å². The molecule has 0 saturated carbocycles. The third-order valence-corrected chi connectivity index (χ3v) is 6.32. The molecule has 1 nitrogen and oxygen atoms in total. The number of benzene rings is 1. The zero-order chi connectivity index (χ0) is 17.3. The molecule has 1 fully saturated rings. The lowest BCUT2D eigenvalue weighted by Crippen LogP contribution is -2.38. The van der Waals surface area contributed by atoms with Crippen LogP contribution in [0.15, 0.2) is 24.3 Å². The fraction of sp³-hybridized carbons (Fsp3) is 0.600. The Labute approximate surface area is 147 Å². The summed E-state index contributed by atoms with van der Waals surface area (Å²) in [5, 5.41) is 0. The molecule has 0 amide bonds. The second kappa shape index (κ2) is 7.05. The van der Waals surface area contributed by atoms with Gasteiger partial charge >= 0.3 is 0 Å². The first-order valence-electron chi connectivity index (χ1n) is 8.46. The molecule has 0 spiro atoms. The van der Waals surface area contributed by atoms with Crippen LogP contribution >= 0.6 is 11.8 Å². The topological polar surface area (TPSA) is 9.23 Å². The molecule has 2 rings (SSSR count). The van der Waals surface area contributed by atoms with Crippen molar-refractivity contribution in [3.05, 3.63) is 35.4 Å². The average molecular weight is 347 g/mol. The Morgan fingerprint density at radius 2 is 1.74 bits per heavy atom. The van der Waals surface area contributed by atoms with Crippen molar-refractivity contribution in [2.45, 2.75) is 58.9 Å². The number of ether oxygens (including phenoxy) is 1. The lowest BCUT2D eigenvalue weighted by molar-refractivity contribution is -0.0278. The standard InChI is InChI=1S/C20H30OSSi/c1-15-18(20(2,3)4)14-22-19(21-15)17-10-8-16(9-11-17)12-13-23(5,6)7/h8-11,15,18-19H,14H2,1-7H3. The first-order chi connectivity index (χ1) is 10.6. The Hall–Kier alpha value is -0.693. The molecule has 0 aromatic heterocycles. The molecule has 0 N–H and O–H groups in total. The maximum Gasteiger partial charge on any atom is 0.129 e. The molecule has 1 heterocycles. The average Bonchev–Trinajstić information content (AvgIpc) is 2.43. The molecule has 3 atom stereocenters. The van der Waals surface area contributed by atoms with Crippen molar-refractivity contribution in [1.82, 2.24) is 0 Å². The second-order valence-corrected chi connectivity index (χ2v) is 14.4. The molecule has 0 radical (unpaired) electrons. The summed E-state index contributed by atoms with van der Waals surface area (Å²) in [7, 11) is -1.31. The van der Waals surface area contributed by atoms with Crippen molar-refractivity contribution in [3.63, 3.8) is 0 Å². The van der Waals surface area contributed by atoms with Gasteiger partial charge in [-0.3, -0.25) is 0 Å². The van der Waals surface area contributed by atoms with Gasteiger partial charge in [-0.05, 0) is 36.0 Å². The molecule has 23 heavy (non-hydrogen) atoms. The number of hydrogen-bond donors (Lipinski definition) is 0. The first kappa shape index (κ1) is 18.6. The highest BCUT2D eigenvalue weighted by atomic mass is 32.2. The number of thioether (sulfide) groups is 1. The smallest absolute Gasteiger partial charge is 0.129 e. The summed E-state index contributed by atoms with van der Waals surface area (Å²) < 4.78 is 6.30. The lowest BCUT2D eigenvalue weighted by atomic mass is 9.79. The van der Waals surface area contributed by atoms with E-state index in [0.29, 0.717) is 17.4 Å². The molecule has 3 heteroatoms. The van der Waals surface area contributed by atoms with Crippen LogP contribution in [0.1, 0.15) is 44.3 Å². The number of hydrogen-bond acceptors (Lipinski definition) is 2. The van der Waals surface area contributed by atoms with Crippen LogP contribution in [0.3, 0.4) is 0 Å². The van der Waals surface area contributed by atoms with E-state index in [1.807, 2.05) is 11.8 Å². The highest BCUT2D eigenvalue weighted by Crippen LogP contribution is 2.44. The monoisotopic (exact) mass is 346 g/mol. The van der Waals surface area contributed by atoms with Gasteiger partial charge in [-0.1, -0.05) is 58.5 Å². The van der Waals surface area contributed by atoms with E-state index in [9.17, 15) is 0 Å². The fourth-order valence-electron chi connectivity index (χ4n) is 2.77. The van der Waals surface area contributed by atoms with E-state index in [0.717, 1.165) is 11.3 Å². The third-order valence-electron chi connectivity index (χ3n) is 4.21. The molecule has 1 aromatic carbocycles. The molecule has 1 aliphatic rings. The molecular formula is C20H30OSSi. The summed E-state index contributed by atoms with van der Waals surface area (Å²) in [6.07, 6.45) is 0.299. The summed E-state index contributed by atoms with van der Waals surface area (Å²) in [6.45, 7) is 16.0. The van der Waals surface area contributed by atoms with Gasteiger partial charge in [0, 0.05) is 11.3 Å². The lowest BCUT2D eigenvalue weighted by Gasteiger charge is -2.41. The zero-order valence-corrected chi connectivity index (χ0v) is 17.4. The van der Waals surface area contributed by atoms with Gasteiger partial charge in [-0.15, -0.1) is 17.3 Å². The van der Waals surface area contributed by atoms with Crippen molar-refractivity contribution >= 4 is 19.8 Å². The molecular weight excluding hydrogens is 316 g/mol. The fourth-order valence-corrected chi connectivity index (χ4v) is 5.04. The minimum atomic E-state index is -1.31. The molecule has 0 bridgehead atoms. The van der Waals surface area contributed by atoms with Crippen LogP contribution in [0, 0.1) is 22.8 Å². The summed E-state index contributed by atoms with van der Waals surface area (Å²) in [4.78, 5) is 0. The molecule has 126 valence electrons. The van der Waals surface area contributed by atoms with E-state index in [1.165, 1.54) is 5.56 Å². The van der Waals surface area contributed by atoms with Gasteiger partial charge in [0.05, 0.1) is 6.10 Å². The molecule has 0 aliphatic carbocycles. The number of rotatable bonds is 1. The molecule has 1 aliphatic heterocycles. The highest BCUT2D eigenvalue weighted by Gasteiger charge is 2.36. The van der Waals surface area contributed by atoms with Crippen molar-refractivity contribution in [3.8, 4) is 11.5 Å². The SMILES string of the molecule is CC1OC(c2ccc(C#C[Si](C)(C)C)cc2)SCC1C(C)(C)C. The van der Waals surface area contributed by atoms with Crippen molar-refractivity contribution in [1.29, 1.82) is 0 Å². The van der Waals surface area contributed by atoms with Crippen LogP contribution in [-0.2, 0) is 4.74 Å². The van der Waals surface area contributed by atoms with E-state index < -0.39 is 8.07 Å². The predicted molar refractivity (Wildman–Crippen MR) is 105 cm³/mol. The van der Waals surface area contributed by atoms with Gasteiger partial charge in [-0.25, -0.2) is 0 Å². The molecule has 3 unspecified atom stereocenters. The van der Waals surface area contributed by atoms with Gasteiger partial charge in [-0.2, -0.15) is 0 Å². The first-order valence-corrected chi connectivity index (χ1v) is 13.0. The Morgan fingerprint density at radius 1 is 1.13 bits per heavy atom. The predicted octanol–water partition coefficient (Wildman–Crippen LogP) is 5.73. The van der Waals surface area contributed by atoms with Crippen LogP contribution in [0.4, 0.5) is 0 Å². The summed E-state index contributed by atoms with van der Waals surface area (Å²) >= 11 is 1.93. The van der Waals surface area contributed by atoms with Crippen LogP contribution in [0.25, 0.3) is 0 Å². The zero-order valence-electron chi connectivity index (χ0n) is 15.6. The summed E-state index contributed by atoms with van der Waals surface area (Å²) in [6, 6.07) is 8.62. The van der Waals surface area contributed by atoms with Gasteiger partial charge in [0.1, 0.15) is 13.5 Å². The Morgan fingerprint density at radius 3 is 2.22 bits per heavy atom. The normalized spacial score (nSPS) is 25.6.